The lowest BCUT2D eigenvalue weighted by Gasteiger charge is -2.10. The molecule has 0 spiro atoms. The molecule has 0 bridgehead atoms. The first kappa shape index (κ1) is 16.4. The van der Waals surface area contributed by atoms with Crippen LogP contribution < -0.4 is 15.4 Å². The molecule has 0 fully saturated rings. The van der Waals surface area contributed by atoms with E-state index in [0.717, 1.165) is 30.4 Å². The Balaban J connectivity index is 1.93. The Kier molecular flexibility index (Phi) is 6.27. The molecule has 0 radical (unpaired) electrons. The molecule has 0 aliphatic carbocycles. The van der Waals surface area contributed by atoms with Crippen molar-refractivity contribution in [3.05, 3.63) is 51.7 Å². The van der Waals surface area contributed by atoms with Crippen LogP contribution in [0.5, 0.6) is 5.75 Å². The number of hydrogen-bond donors (Lipinski definition) is 2. The van der Waals surface area contributed by atoms with Crippen LogP contribution in [0, 0.1) is 6.92 Å². The Labute approximate surface area is 136 Å². The minimum atomic E-state index is 0.642. The van der Waals surface area contributed by atoms with Crippen LogP contribution in [0.15, 0.2) is 41.4 Å². The number of nitrogens with one attached hydrogen (secondary N) is 2. The summed E-state index contributed by atoms with van der Waals surface area (Å²) in [6.45, 7) is 6.48. The van der Waals surface area contributed by atoms with Gasteiger partial charge in [-0.1, -0.05) is 12.1 Å². The van der Waals surface area contributed by atoms with Crippen LogP contribution >= 0.6 is 11.3 Å². The van der Waals surface area contributed by atoms with Crippen molar-refractivity contribution in [3.63, 3.8) is 0 Å². The average Bonchev–Trinajstić information content (AvgIpc) is 2.96. The van der Waals surface area contributed by atoms with E-state index in [9.17, 15) is 0 Å². The Morgan fingerprint density at radius 1 is 1.14 bits per heavy atom. The smallest absolute Gasteiger partial charge is 0.191 e. The van der Waals surface area contributed by atoms with Crippen LogP contribution in [0.25, 0.3) is 0 Å². The van der Waals surface area contributed by atoms with E-state index in [1.54, 1.807) is 7.11 Å². The van der Waals surface area contributed by atoms with E-state index in [4.69, 9.17) is 4.74 Å². The second kappa shape index (κ2) is 8.44. The van der Waals surface area contributed by atoms with E-state index < -0.39 is 0 Å². The van der Waals surface area contributed by atoms with Crippen molar-refractivity contribution < 1.29 is 4.74 Å². The van der Waals surface area contributed by atoms with Gasteiger partial charge in [0, 0.05) is 16.3 Å². The number of methoxy groups -OCH3 is 1. The molecule has 1 heterocycles. The first-order valence-corrected chi connectivity index (χ1v) is 8.23. The third kappa shape index (κ3) is 5.07. The Morgan fingerprint density at radius 2 is 1.91 bits per heavy atom. The lowest BCUT2D eigenvalue weighted by atomic mass is 10.2. The van der Waals surface area contributed by atoms with Gasteiger partial charge in [0.05, 0.1) is 20.2 Å². The Bertz CT molecular complexity index is 605. The largest absolute Gasteiger partial charge is 0.497 e. The zero-order valence-corrected chi connectivity index (χ0v) is 14.2. The van der Waals surface area contributed by atoms with E-state index in [0.29, 0.717) is 6.54 Å². The summed E-state index contributed by atoms with van der Waals surface area (Å²) in [5.74, 6) is 1.70. The first-order chi connectivity index (χ1) is 10.7. The summed E-state index contributed by atoms with van der Waals surface area (Å²) in [7, 11) is 1.67. The fourth-order valence-corrected chi connectivity index (χ4v) is 2.82. The maximum Gasteiger partial charge on any atom is 0.191 e. The highest BCUT2D eigenvalue weighted by atomic mass is 32.1. The van der Waals surface area contributed by atoms with Gasteiger partial charge in [-0.05, 0) is 43.7 Å². The number of nitrogens with zero attached hydrogens (tertiary/aromatic N) is 1. The fraction of sp³-hybridized carbons (Fsp3) is 0.353. The highest BCUT2D eigenvalue weighted by Gasteiger charge is 2.01. The number of rotatable bonds is 6. The van der Waals surface area contributed by atoms with Crippen molar-refractivity contribution >= 4 is 17.3 Å². The number of guanidine groups is 1. The maximum absolute atomic E-state index is 5.16. The van der Waals surface area contributed by atoms with Gasteiger partial charge in [0.2, 0.25) is 0 Å². The van der Waals surface area contributed by atoms with Crippen molar-refractivity contribution in [3.8, 4) is 5.75 Å². The third-order valence-electron chi connectivity index (χ3n) is 3.15. The molecule has 0 saturated heterocycles. The molecule has 1 aromatic carbocycles. The molecule has 1 aromatic heterocycles. The fourth-order valence-electron chi connectivity index (χ4n) is 1.99. The van der Waals surface area contributed by atoms with Crippen LogP contribution in [0.1, 0.15) is 22.2 Å². The molecule has 5 heteroatoms. The standard InChI is InChI=1S/C17H23N3OS/c1-4-18-17(20-12-16-10-5-13(2)22-16)19-11-14-6-8-15(21-3)9-7-14/h5-10H,4,11-12H2,1-3H3,(H2,18,19,20). The number of benzene rings is 1. The lowest BCUT2D eigenvalue weighted by molar-refractivity contribution is 0.414. The van der Waals surface area contributed by atoms with Crippen LogP contribution in [0.2, 0.25) is 0 Å². The molecule has 4 nitrogen and oxygen atoms in total. The summed E-state index contributed by atoms with van der Waals surface area (Å²) in [6, 6.07) is 12.3. The molecular weight excluding hydrogens is 294 g/mol. The number of aliphatic imine (C=N–C) groups is 1. The summed E-state index contributed by atoms with van der Waals surface area (Å²) >= 11 is 1.81. The quantitative estimate of drug-likeness (QED) is 0.634. The molecule has 0 aliphatic rings. The summed E-state index contributed by atoms with van der Waals surface area (Å²) in [5, 5.41) is 6.64. The van der Waals surface area contributed by atoms with Gasteiger partial charge in [0.1, 0.15) is 5.75 Å². The molecule has 22 heavy (non-hydrogen) atoms. The van der Waals surface area contributed by atoms with Crippen LogP contribution in [-0.4, -0.2) is 19.6 Å². The third-order valence-corrected chi connectivity index (χ3v) is 4.15. The molecule has 2 rings (SSSR count). The van der Waals surface area contributed by atoms with E-state index >= 15 is 0 Å². The molecule has 0 amide bonds. The Hall–Kier alpha value is -2.01. The predicted molar refractivity (Wildman–Crippen MR) is 93.7 cm³/mol. The van der Waals surface area contributed by atoms with Gasteiger partial charge in [-0.2, -0.15) is 0 Å². The van der Waals surface area contributed by atoms with E-state index in [-0.39, 0.29) is 0 Å². The van der Waals surface area contributed by atoms with Gasteiger partial charge in [0.25, 0.3) is 0 Å². The highest BCUT2D eigenvalue weighted by molar-refractivity contribution is 7.11. The number of hydrogen-bond acceptors (Lipinski definition) is 3. The van der Waals surface area contributed by atoms with Gasteiger partial charge < -0.3 is 15.4 Å². The summed E-state index contributed by atoms with van der Waals surface area (Å²) in [5.41, 5.74) is 1.16. The SMILES string of the molecule is CCNC(=NCc1ccc(OC)cc1)NCc1ccc(C)s1. The van der Waals surface area contributed by atoms with Gasteiger partial charge in [-0.15, -0.1) is 11.3 Å². The molecule has 0 unspecified atom stereocenters. The highest BCUT2D eigenvalue weighted by Crippen LogP contribution is 2.14. The molecule has 2 N–H and O–H groups in total. The minimum Gasteiger partial charge on any atom is -0.497 e. The molecule has 2 aromatic rings. The average molecular weight is 317 g/mol. The van der Waals surface area contributed by atoms with Crippen molar-refractivity contribution in [1.82, 2.24) is 10.6 Å². The Morgan fingerprint density at radius 3 is 2.50 bits per heavy atom. The van der Waals surface area contributed by atoms with E-state index in [1.165, 1.54) is 9.75 Å². The van der Waals surface area contributed by atoms with Crippen LogP contribution in [0.4, 0.5) is 0 Å². The monoisotopic (exact) mass is 317 g/mol. The maximum atomic E-state index is 5.16. The molecule has 0 aliphatic heterocycles. The number of thiophene rings is 1. The second-order valence-electron chi connectivity index (χ2n) is 4.91. The van der Waals surface area contributed by atoms with Crippen molar-refractivity contribution in [2.75, 3.05) is 13.7 Å². The number of ether oxygens (including phenoxy) is 1. The van der Waals surface area contributed by atoms with Crippen LogP contribution in [0.3, 0.4) is 0 Å². The zero-order chi connectivity index (χ0) is 15.8. The molecular formula is C17H23N3OS. The van der Waals surface area contributed by atoms with Crippen molar-refractivity contribution in [2.45, 2.75) is 26.9 Å². The van der Waals surface area contributed by atoms with Crippen LogP contribution in [-0.2, 0) is 13.1 Å². The van der Waals surface area contributed by atoms with Crippen molar-refractivity contribution in [1.29, 1.82) is 0 Å². The van der Waals surface area contributed by atoms with Gasteiger partial charge in [0.15, 0.2) is 5.96 Å². The minimum absolute atomic E-state index is 0.642. The predicted octanol–water partition coefficient (Wildman–Crippen LogP) is 3.32. The topological polar surface area (TPSA) is 45.7 Å². The second-order valence-corrected chi connectivity index (χ2v) is 6.28. The molecule has 0 saturated carbocycles. The normalized spacial score (nSPS) is 11.3. The molecule has 118 valence electrons. The zero-order valence-electron chi connectivity index (χ0n) is 13.3. The lowest BCUT2D eigenvalue weighted by Crippen LogP contribution is -2.36. The van der Waals surface area contributed by atoms with Gasteiger partial charge in [-0.3, -0.25) is 0 Å². The summed E-state index contributed by atoms with van der Waals surface area (Å²) in [4.78, 5) is 7.26. The van der Waals surface area contributed by atoms with E-state index in [1.807, 2.05) is 35.6 Å². The summed E-state index contributed by atoms with van der Waals surface area (Å²) in [6.07, 6.45) is 0. The van der Waals surface area contributed by atoms with Gasteiger partial charge in [-0.25, -0.2) is 4.99 Å². The summed E-state index contributed by atoms with van der Waals surface area (Å²) < 4.78 is 5.16. The van der Waals surface area contributed by atoms with Crippen molar-refractivity contribution in [2.24, 2.45) is 4.99 Å². The van der Waals surface area contributed by atoms with Gasteiger partial charge >= 0.3 is 0 Å². The number of aryl methyl sites for hydroxylation is 1. The molecule has 0 atom stereocenters. The van der Waals surface area contributed by atoms with E-state index in [2.05, 4.69) is 41.6 Å². The first-order valence-electron chi connectivity index (χ1n) is 7.41.